The molecule has 3 aromatic rings. The molecule has 0 radical (unpaired) electrons. The van der Waals surface area contributed by atoms with E-state index in [2.05, 4.69) is 39.7 Å². The number of anilines is 1. The number of nitrogens with zero attached hydrogens (tertiary/aromatic N) is 2. The molecule has 0 fully saturated rings. The second kappa shape index (κ2) is 7.41. The van der Waals surface area contributed by atoms with E-state index < -0.39 is 0 Å². The molecule has 1 heterocycles. The number of carbonyl (C=O) groups is 1. The number of rotatable bonds is 4. The van der Waals surface area contributed by atoms with E-state index >= 15 is 0 Å². The lowest BCUT2D eigenvalue weighted by molar-refractivity contribution is 0.0955. The third-order valence-electron chi connectivity index (χ3n) is 4.61. The number of halogens is 1. The molecule has 27 heavy (non-hydrogen) atoms. The normalized spacial score (nSPS) is 13.0. The quantitative estimate of drug-likeness (QED) is 0.563. The smallest absolute Gasteiger partial charge is 0.271 e. The molecular weight excluding hydrogens is 341 g/mol. The highest BCUT2D eigenvalue weighted by Gasteiger charge is 2.18. The van der Waals surface area contributed by atoms with Crippen LogP contribution in [0.2, 0.25) is 0 Å². The lowest BCUT2D eigenvalue weighted by atomic mass is 10.1. The van der Waals surface area contributed by atoms with Gasteiger partial charge in [0.1, 0.15) is 5.82 Å². The van der Waals surface area contributed by atoms with Crippen molar-refractivity contribution in [2.75, 3.05) is 4.90 Å². The minimum absolute atomic E-state index is 0.321. The average molecular weight is 359 g/mol. The van der Waals surface area contributed by atoms with Crippen LogP contribution >= 0.6 is 0 Å². The molecule has 0 unspecified atom stereocenters. The van der Waals surface area contributed by atoms with Gasteiger partial charge in [0.2, 0.25) is 0 Å². The van der Waals surface area contributed by atoms with E-state index in [0.29, 0.717) is 11.1 Å². The Morgan fingerprint density at radius 2 is 1.56 bits per heavy atom. The molecule has 1 N–H and O–H groups in total. The van der Waals surface area contributed by atoms with Crippen LogP contribution < -0.4 is 10.3 Å². The summed E-state index contributed by atoms with van der Waals surface area (Å²) < 4.78 is 13.5. The van der Waals surface area contributed by atoms with E-state index in [9.17, 15) is 9.18 Å². The fraction of sp³-hybridized carbons (Fsp3) is 0.0909. The average Bonchev–Trinajstić information content (AvgIpc) is 3.14. The first-order valence-corrected chi connectivity index (χ1v) is 8.70. The maximum absolute atomic E-state index is 13.5. The third-order valence-corrected chi connectivity index (χ3v) is 4.61. The zero-order valence-corrected chi connectivity index (χ0v) is 14.6. The number of hydrogen-bond acceptors (Lipinski definition) is 3. The number of carbonyl (C=O) groups excluding carboxylic acids is 1. The van der Waals surface area contributed by atoms with Crippen molar-refractivity contribution >= 4 is 17.8 Å². The van der Waals surface area contributed by atoms with Gasteiger partial charge in [-0.15, -0.1) is 0 Å². The van der Waals surface area contributed by atoms with Gasteiger partial charge in [0, 0.05) is 29.9 Å². The van der Waals surface area contributed by atoms with E-state index in [4.69, 9.17) is 0 Å². The molecule has 0 atom stereocenters. The molecular formula is C22H18FN3O. The van der Waals surface area contributed by atoms with E-state index in [0.717, 1.165) is 18.8 Å². The van der Waals surface area contributed by atoms with Crippen LogP contribution in [-0.2, 0) is 13.1 Å². The number of amides is 1. The first-order chi connectivity index (χ1) is 13.2. The minimum atomic E-state index is -0.383. The van der Waals surface area contributed by atoms with E-state index in [1.165, 1.54) is 23.4 Å². The molecule has 0 spiro atoms. The Morgan fingerprint density at radius 1 is 0.926 bits per heavy atom. The Morgan fingerprint density at radius 3 is 2.22 bits per heavy atom. The highest BCUT2D eigenvalue weighted by molar-refractivity contribution is 5.95. The van der Waals surface area contributed by atoms with Crippen molar-refractivity contribution in [2.24, 2.45) is 5.10 Å². The summed E-state index contributed by atoms with van der Waals surface area (Å²) in [5.74, 6) is -0.717. The highest BCUT2D eigenvalue weighted by Crippen LogP contribution is 2.28. The Hall–Kier alpha value is -3.47. The molecule has 0 saturated heterocycles. The van der Waals surface area contributed by atoms with Crippen LogP contribution in [0, 0.1) is 5.82 Å². The number of nitrogens with one attached hydrogen (secondary N) is 1. The summed E-state index contributed by atoms with van der Waals surface area (Å²) in [5.41, 5.74) is 6.99. The molecule has 0 aromatic heterocycles. The van der Waals surface area contributed by atoms with Gasteiger partial charge in [-0.05, 0) is 41.5 Å². The fourth-order valence-corrected chi connectivity index (χ4v) is 3.14. The Bertz CT molecular complexity index is 973. The van der Waals surface area contributed by atoms with Gasteiger partial charge in [0.15, 0.2) is 0 Å². The van der Waals surface area contributed by atoms with Crippen molar-refractivity contribution in [1.82, 2.24) is 5.43 Å². The highest BCUT2D eigenvalue weighted by atomic mass is 19.1. The molecule has 1 aliphatic rings. The predicted octanol–water partition coefficient (Wildman–Crippen LogP) is 4.11. The molecule has 134 valence electrons. The van der Waals surface area contributed by atoms with Crippen LogP contribution in [0.4, 0.5) is 10.1 Å². The van der Waals surface area contributed by atoms with Gasteiger partial charge < -0.3 is 4.90 Å². The maximum Gasteiger partial charge on any atom is 0.271 e. The molecule has 5 heteroatoms. The van der Waals surface area contributed by atoms with E-state index in [1.807, 2.05) is 12.1 Å². The molecule has 0 saturated carbocycles. The summed E-state index contributed by atoms with van der Waals surface area (Å²) in [4.78, 5) is 14.5. The summed E-state index contributed by atoms with van der Waals surface area (Å²) in [5, 5.41) is 3.83. The van der Waals surface area contributed by atoms with Gasteiger partial charge in [-0.25, -0.2) is 9.82 Å². The molecule has 0 aliphatic carbocycles. The maximum atomic E-state index is 13.5. The monoisotopic (exact) mass is 359 g/mol. The zero-order valence-electron chi connectivity index (χ0n) is 14.6. The van der Waals surface area contributed by atoms with Crippen molar-refractivity contribution in [2.45, 2.75) is 13.1 Å². The van der Waals surface area contributed by atoms with Gasteiger partial charge in [-0.3, -0.25) is 4.79 Å². The SMILES string of the molecule is O=C(NN=Cc1ccccc1F)c1ccc(N2Cc3ccccc3C2)cc1. The molecule has 1 amide bonds. The van der Waals surface area contributed by atoms with E-state index in [-0.39, 0.29) is 11.7 Å². The van der Waals surface area contributed by atoms with Gasteiger partial charge in [-0.2, -0.15) is 5.10 Å². The van der Waals surface area contributed by atoms with Crippen LogP contribution in [0.3, 0.4) is 0 Å². The van der Waals surface area contributed by atoms with Crippen LogP contribution in [0.5, 0.6) is 0 Å². The van der Waals surface area contributed by atoms with Crippen LogP contribution in [-0.4, -0.2) is 12.1 Å². The standard InChI is InChI=1S/C22H18FN3O/c23-21-8-4-3-5-17(21)13-24-25-22(27)16-9-11-20(12-10-16)26-14-18-6-1-2-7-19(18)15-26/h1-13H,14-15H2,(H,25,27). The minimum Gasteiger partial charge on any atom is -0.363 e. The number of benzene rings is 3. The van der Waals surface area contributed by atoms with Gasteiger partial charge >= 0.3 is 0 Å². The number of hydrogen-bond donors (Lipinski definition) is 1. The molecule has 0 bridgehead atoms. The van der Waals surface area contributed by atoms with Crippen molar-refractivity contribution < 1.29 is 9.18 Å². The van der Waals surface area contributed by atoms with E-state index in [1.54, 1.807) is 30.3 Å². The summed E-state index contributed by atoms with van der Waals surface area (Å²) >= 11 is 0. The molecule has 1 aliphatic heterocycles. The largest absolute Gasteiger partial charge is 0.363 e. The van der Waals surface area contributed by atoms with Gasteiger partial charge in [0.05, 0.1) is 6.21 Å². The lowest BCUT2D eigenvalue weighted by Gasteiger charge is -2.17. The first-order valence-electron chi connectivity index (χ1n) is 8.70. The second-order valence-electron chi connectivity index (χ2n) is 6.39. The summed E-state index contributed by atoms with van der Waals surface area (Å²) in [7, 11) is 0. The third kappa shape index (κ3) is 3.72. The lowest BCUT2D eigenvalue weighted by Crippen LogP contribution is -2.18. The van der Waals surface area contributed by atoms with Gasteiger partial charge in [-0.1, -0.05) is 42.5 Å². The Labute approximate surface area is 157 Å². The zero-order chi connectivity index (χ0) is 18.6. The van der Waals surface area contributed by atoms with Crippen molar-refractivity contribution in [3.63, 3.8) is 0 Å². The molecule has 4 nitrogen and oxygen atoms in total. The Kier molecular flexibility index (Phi) is 4.66. The van der Waals surface area contributed by atoms with Crippen molar-refractivity contribution in [3.05, 3.63) is 101 Å². The topological polar surface area (TPSA) is 44.7 Å². The van der Waals surface area contributed by atoms with Gasteiger partial charge in [0.25, 0.3) is 5.91 Å². The molecule has 4 rings (SSSR count). The summed E-state index contributed by atoms with van der Waals surface area (Å²) in [6, 6.07) is 22.0. The van der Waals surface area contributed by atoms with Crippen LogP contribution in [0.1, 0.15) is 27.0 Å². The number of fused-ring (bicyclic) bond motifs is 1. The van der Waals surface area contributed by atoms with Crippen molar-refractivity contribution in [1.29, 1.82) is 0 Å². The van der Waals surface area contributed by atoms with Crippen LogP contribution in [0.25, 0.3) is 0 Å². The fourth-order valence-electron chi connectivity index (χ4n) is 3.14. The first kappa shape index (κ1) is 17.0. The molecule has 3 aromatic carbocycles. The number of hydrazone groups is 1. The predicted molar refractivity (Wildman–Crippen MR) is 104 cm³/mol. The Balaban J connectivity index is 1.39. The summed E-state index contributed by atoms with van der Waals surface area (Å²) in [6.45, 7) is 1.74. The van der Waals surface area contributed by atoms with Crippen LogP contribution in [0.15, 0.2) is 77.9 Å². The van der Waals surface area contributed by atoms with Crippen molar-refractivity contribution in [3.8, 4) is 0 Å². The summed E-state index contributed by atoms with van der Waals surface area (Å²) in [6.07, 6.45) is 1.29. The second-order valence-corrected chi connectivity index (χ2v) is 6.39.